The molecule has 3 nitrogen and oxygen atoms in total. The van der Waals surface area contributed by atoms with Gasteiger partial charge in [-0.15, -0.1) is 0 Å². The molecule has 0 amide bonds. The Hall–Kier alpha value is -1.78. The van der Waals surface area contributed by atoms with Gasteiger partial charge in [0.1, 0.15) is 17.3 Å². The van der Waals surface area contributed by atoms with Crippen LogP contribution in [-0.2, 0) is 11.2 Å². The Bertz CT molecular complexity index is 843. The van der Waals surface area contributed by atoms with Crippen LogP contribution >= 0.6 is 27.5 Å². The van der Waals surface area contributed by atoms with E-state index in [2.05, 4.69) is 15.9 Å². The number of allylic oxidation sites excluding steroid dienone is 2. The van der Waals surface area contributed by atoms with Crippen molar-refractivity contribution < 1.29 is 14.6 Å². The first-order chi connectivity index (χ1) is 11.5. The molecular formula is C19H16BrClO3. The van der Waals surface area contributed by atoms with Gasteiger partial charge in [-0.3, -0.25) is 4.79 Å². The second-order valence-electron chi connectivity index (χ2n) is 5.59. The molecule has 0 fully saturated rings. The normalized spacial score (nSPS) is 14.4. The maximum absolute atomic E-state index is 12.1. The third-order valence-corrected chi connectivity index (χ3v) is 4.80. The fraction of sp³-hybridized carbons (Fsp3) is 0.211. The summed E-state index contributed by atoms with van der Waals surface area (Å²) in [5.41, 5.74) is 2.16. The van der Waals surface area contributed by atoms with Crippen molar-refractivity contribution in [2.45, 2.75) is 26.2 Å². The highest BCUT2D eigenvalue weighted by atomic mass is 79.9. The molecule has 0 aliphatic heterocycles. The number of halogens is 2. The minimum atomic E-state index is -0.0268. The molecule has 3 rings (SSSR count). The number of ether oxygens (including phenoxy) is 1. The highest BCUT2D eigenvalue weighted by Gasteiger charge is 2.26. The summed E-state index contributed by atoms with van der Waals surface area (Å²) in [5.74, 6) is 1.24. The number of rotatable bonds is 4. The topological polar surface area (TPSA) is 46.5 Å². The van der Waals surface area contributed by atoms with Crippen LogP contribution in [0.4, 0.5) is 0 Å². The van der Waals surface area contributed by atoms with Gasteiger partial charge in [-0.1, -0.05) is 40.5 Å². The van der Waals surface area contributed by atoms with Crippen molar-refractivity contribution in [2.24, 2.45) is 0 Å². The summed E-state index contributed by atoms with van der Waals surface area (Å²) in [6.07, 6.45) is 1.52. The van der Waals surface area contributed by atoms with E-state index in [0.717, 1.165) is 22.0 Å². The first kappa shape index (κ1) is 17.1. The number of carbonyl (C=O) groups excluding carboxylic acids is 1. The molecule has 0 heterocycles. The van der Waals surface area contributed by atoms with Crippen molar-refractivity contribution in [3.05, 3.63) is 62.8 Å². The van der Waals surface area contributed by atoms with Crippen LogP contribution in [0.3, 0.4) is 0 Å². The highest BCUT2D eigenvalue weighted by Crippen LogP contribution is 2.36. The largest absolute Gasteiger partial charge is 0.512 e. The second-order valence-corrected chi connectivity index (χ2v) is 6.92. The van der Waals surface area contributed by atoms with Crippen LogP contribution in [0.5, 0.6) is 11.5 Å². The lowest BCUT2D eigenvalue weighted by Crippen LogP contribution is -2.01. The van der Waals surface area contributed by atoms with Gasteiger partial charge in [0.25, 0.3) is 0 Å². The lowest BCUT2D eigenvalue weighted by Gasteiger charge is -2.13. The second kappa shape index (κ2) is 6.99. The van der Waals surface area contributed by atoms with Crippen LogP contribution in [0.2, 0.25) is 5.02 Å². The number of aliphatic hydroxyl groups is 1. The highest BCUT2D eigenvalue weighted by molar-refractivity contribution is 9.10. The predicted molar refractivity (Wildman–Crippen MR) is 98.8 cm³/mol. The maximum Gasteiger partial charge on any atom is 0.167 e. The Kier molecular flexibility index (Phi) is 4.97. The zero-order valence-corrected chi connectivity index (χ0v) is 15.4. The smallest absolute Gasteiger partial charge is 0.167 e. The van der Waals surface area contributed by atoms with Crippen LogP contribution in [0.1, 0.15) is 30.9 Å². The number of Topliss-reactive ketones (excluding diaryl/α,β-unsaturated/α-hetero) is 1. The van der Waals surface area contributed by atoms with E-state index in [9.17, 15) is 9.90 Å². The Morgan fingerprint density at radius 1 is 1.21 bits per heavy atom. The molecule has 0 radical (unpaired) electrons. The van der Waals surface area contributed by atoms with Gasteiger partial charge in [-0.2, -0.15) is 0 Å². The van der Waals surface area contributed by atoms with Gasteiger partial charge in [0.05, 0.1) is 10.6 Å². The van der Waals surface area contributed by atoms with Crippen molar-refractivity contribution >= 4 is 38.9 Å². The Labute approximate surface area is 154 Å². The van der Waals surface area contributed by atoms with Gasteiger partial charge in [0.2, 0.25) is 0 Å². The van der Waals surface area contributed by atoms with Crippen molar-refractivity contribution in [3.8, 4) is 11.5 Å². The van der Waals surface area contributed by atoms with Crippen molar-refractivity contribution in [3.63, 3.8) is 0 Å². The molecule has 0 spiro atoms. The molecule has 2 aromatic rings. The molecular weight excluding hydrogens is 392 g/mol. The van der Waals surface area contributed by atoms with E-state index in [-0.39, 0.29) is 11.5 Å². The molecule has 1 N–H and O–H groups in total. The van der Waals surface area contributed by atoms with E-state index >= 15 is 0 Å². The summed E-state index contributed by atoms with van der Waals surface area (Å²) < 4.78 is 6.74. The molecule has 2 aromatic carbocycles. The molecule has 0 bridgehead atoms. The fourth-order valence-corrected chi connectivity index (χ4v) is 3.51. The average molecular weight is 408 g/mol. The zero-order valence-electron chi connectivity index (χ0n) is 13.1. The summed E-state index contributed by atoms with van der Waals surface area (Å²) >= 11 is 9.55. The maximum atomic E-state index is 12.1. The SMILES string of the molecule is CCc1ccc(Oc2ccc(Br)cc2Cl)cc1C1=C(O)CCC1=O. The Balaban J connectivity index is 2.01. The molecule has 0 aromatic heterocycles. The molecule has 5 heteroatoms. The number of ketones is 1. The number of aliphatic hydroxyl groups excluding tert-OH is 1. The van der Waals surface area contributed by atoms with Gasteiger partial charge in [0.15, 0.2) is 5.78 Å². The molecule has 0 atom stereocenters. The van der Waals surface area contributed by atoms with E-state index in [0.29, 0.717) is 34.9 Å². The van der Waals surface area contributed by atoms with Crippen molar-refractivity contribution in [1.29, 1.82) is 0 Å². The monoisotopic (exact) mass is 406 g/mol. The molecule has 0 saturated carbocycles. The lowest BCUT2D eigenvalue weighted by molar-refractivity contribution is -0.113. The number of benzene rings is 2. The van der Waals surface area contributed by atoms with E-state index in [4.69, 9.17) is 16.3 Å². The number of hydrogen-bond acceptors (Lipinski definition) is 3. The van der Waals surface area contributed by atoms with Crippen LogP contribution in [-0.4, -0.2) is 10.9 Å². The van der Waals surface area contributed by atoms with Crippen molar-refractivity contribution in [2.75, 3.05) is 0 Å². The standard InChI is InChI=1S/C19H16BrClO3/c1-2-11-3-5-13(24-18-8-4-12(20)9-15(18)21)10-14(11)19-16(22)6-7-17(19)23/h3-5,8-10,22H,2,6-7H2,1H3. The van der Waals surface area contributed by atoms with Gasteiger partial charge >= 0.3 is 0 Å². The first-order valence-electron chi connectivity index (χ1n) is 7.71. The molecule has 1 aliphatic rings. The molecule has 0 unspecified atom stereocenters. The van der Waals surface area contributed by atoms with E-state index in [1.807, 2.05) is 25.1 Å². The Morgan fingerprint density at radius 2 is 2.00 bits per heavy atom. The van der Waals surface area contributed by atoms with E-state index in [1.54, 1.807) is 18.2 Å². The molecule has 124 valence electrons. The van der Waals surface area contributed by atoms with Gasteiger partial charge in [0, 0.05) is 17.3 Å². The van der Waals surface area contributed by atoms with Crippen LogP contribution in [0.15, 0.2) is 46.6 Å². The van der Waals surface area contributed by atoms with Crippen LogP contribution in [0, 0.1) is 0 Å². The summed E-state index contributed by atoms with van der Waals surface area (Å²) in [7, 11) is 0. The van der Waals surface area contributed by atoms with Gasteiger partial charge < -0.3 is 9.84 Å². The van der Waals surface area contributed by atoms with Gasteiger partial charge in [-0.05, 0) is 47.9 Å². The Morgan fingerprint density at radius 3 is 2.62 bits per heavy atom. The first-order valence-corrected chi connectivity index (χ1v) is 8.88. The number of hydrogen-bond donors (Lipinski definition) is 1. The fourth-order valence-electron chi connectivity index (χ4n) is 2.79. The summed E-state index contributed by atoms with van der Waals surface area (Å²) in [5, 5.41) is 10.6. The predicted octanol–water partition coefficient (Wildman–Crippen LogP) is 6.09. The third-order valence-electron chi connectivity index (χ3n) is 4.01. The molecule has 24 heavy (non-hydrogen) atoms. The van der Waals surface area contributed by atoms with E-state index < -0.39 is 0 Å². The summed E-state index contributed by atoms with van der Waals surface area (Å²) in [4.78, 5) is 12.1. The molecule has 0 saturated heterocycles. The van der Waals surface area contributed by atoms with Crippen LogP contribution in [0.25, 0.3) is 5.57 Å². The van der Waals surface area contributed by atoms with E-state index in [1.165, 1.54) is 0 Å². The number of carbonyl (C=O) groups is 1. The van der Waals surface area contributed by atoms with Crippen molar-refractivity contribution in [1.82, 2.24) is 0 Å². The number of aryl methyl sites for hydroxylation is 1. The lowest BCUT2D eigenvalue weighted by atomic mass is 9.96. The summed E-state index contributed by atoms with van der Waals surface area (Å²) in [6.45, 7) is 2.02. The molecule has 1 aliphatic carbocycles. The minimum Gasteiger partial charge on any atom is -0.512 e. The third kappa shape index (κ3) is 3.35. The van der Waals surface area contributed by atoms with Gasteiger partial charge in [-0.25, -0.2) is 0 Å². The zero-order chi connectivity index (χ0) is 17.3. The average Bonchev–Trinajstić information content (AvgIpc) is 2.89. The quantitative estimate of drug-likeness (QED) is 0.667. The summed E-state index contributed by atoms with van der Waals surface area (Å²) in [6, 6.07) is 10.9. The van der Waals surface area contributed by atoms with Crippen LogP contribution < -0.4 is 4.74 Å². The minimum absolute atomic E-state index is 0.0268.